The molecule has 1 aromatic rings. The summed E-state index contributed by atoms with van der Waals surface area (Å²) in [5.74, 6) is 0.803. The van der Waals surface area contributed by atoms with Gasteiger partial charge in [0.1, 0.15) is 6.04 Å². The summed E-state index contributed by atoms with van der Waals surface area (Å²) in [4.78, 5) is 11.3. The van der Waals surface area contributed by atoms with Gasteiger partial charge in [0.05, 0.1) is 18.2 Å². The van der Waals surface area contributed by atoms with E-state index < -0.39 is 12.0 Å². The molecule has 1 unspecified atom stereocenters. The Kier molecular flexibility index (Phi) is 8.41. The molecule has 0 bridgehead atoms. The Morgan fingerprint density at radius 2 is 2.09 bits per heavy atom. The van der Waals surface area contributed by atoms with Crippen molar-refractivity contribution < 1.29 is 19.4 Å². The number of rotatable bonds is 10. The van der Waals surface area contributed by atoms with Crippen molar-refractivity contribution in [1.82, 2.24) is 5.32 Å². The molecule has 0 radical (unpaired) electrons. The van der Waals surface area contributed by atoms with E-state index in [0.29, 0.717) is 37.0 Å². The second-order valence-electron chi connectivity index (χ2n) is 5.86. The first-order valence-corrected chi connectivity index (χ1v) is 8.63. The molecule has 0 aliphatic heterocycles. The highest BCUT2D eigenvalue weighted by Gasteiger charge is 2.19. The zero-order chi connectivity index (χ0) is 17.4. The summed E-state index contributed by atoms with van der Waals surface area (Å²) in [6.07, 6.45) is 1.50. The van der Waals surface area contributed by atoms with E-state index in [-0.39, 0.29) is 0 Å². The molecule has 0 saturated carbocycles. The van der Waals surface area contributed by atoms with Crippen LogP contribution in [0.3, 0.4) is 0 Å². The summed E-state index contributed by atoms with van der Waals surface area (Å²) >= 11 is 3.50. The van der Waals surface area contributed by atoms with E-state index in [4.69, 9.17) is 9.47 Å². The number of methoxy groups -OCH3 is 1. The van der Waals surface area contributed by atoms with Gasteiger partial charge in [-0.15, -0.1) is 0 Å². The Bertz CT molecular complexity index is 520. The normalized spacial score (nSPS) is 12.3. The highest BCUT2D eigenvalue weighted by molar-refractivity contribution is 9.10. The van der Waals surface area contributed by atoms with Crippen LogP contribution >= 0.6 is 15.9 Å². The second-order valence-corrected chi connectivity index (χ2v) is 6.71. The molecule has 5 nitrogen and oxygen atoms in total. The van der Waals surface area contributed by atoms with Gasteiger partial charge in [0.2, 0.25) is 0 Å². The molecule has 1 rings (SSSR count). The fourth-order valence-corrected chi connectivity index (χ4v) is 2.81. The van der Waals surface area contributed by atoms with Crippen molar-refractivity contribution in [2.24, 2.45) is 5.92 Å². The molecule has 1 aromatic carbocycles. The monoisotopic (exact) mass is 387 g/mol. The number of nitrogens with one attached hydrogen (secondary N) is 1. The zero-order valence-electron chi connectivity index (χ0n) is 14.2. The van der Waals surface area contributed by atoms with Crippen LogP contribution in [0.5, 0.6) is 11.5 Å². The summed E-state index contributed by atoms with van der Waals surface area (Å²) in [5, 5.41) is 12.4. The first-order valence-electron chi connectivity index (χ1n) is 7.84. The van der Waals surface area contributed by atoms with E-state index in [0.717, 1.165) is 16.5 Å². The van der Waals surface area contributed by atoms with Crippen molar-refractivity contribution >= 4 is 21.9 Å². The number of halogens is 1. The number of carboxylic acid groups (broad SMARTS) is 1. The lowest BCUT2D eigenvalue weighted by Gasteiger charge is -2.18. The molecule has 23 heavy (non-hydrogen) atoms. The van der Waals surface area contributed by atoms with Gasteiger partial charge >= 0.3 is 5.97 Å². The fourth-order valence-electron chi connectivity index (χ4n) is 2.20. The average molecular weight is 388 g/mol. The smallest absolute Gasteiger partial charge is 0.320 e. The van der Waals surface area contributed by atoms with Crippen molar-refractivity contribution in [2.45, 2.75) is 46.2 Å². The predicted molar refractivity (Wildman–Crippen MR) is 94.2 cm³/mol. The lowest BCUT2D eigenvalue weighted by molar-refractivity contribution is -0.140. The van der Waals surface area contributed by atoms with Crippen molar-refractivity contribution in [3.8, 4) is 11.5 Å². The molecule has 0 heterocycles. The minimum atomic E-state index is -0.826. The van der Waals surface area contributed by atoms with E-state index in [1.54, 1.807) is 7.11 Å². The number of hydrogen-bond donors (Lipinski definition) is 2. The summed E-state index contributed by atoms with van der Waals surface area (Å²) < 4.78 is 11.9. The van der Waals surface area contributed by atoms with Crippen LogP contribution in [0, 0.1) is 5.92 Å². The zero-order valence-corrected chi connectivity index (χ0v) is 15.8. The lowest BCUT2D eigenvalue weighted by Crippen LogP contribution is -2.37. The van der Waals surface area contributed by atoms with Crippen LogP contribution in [-0.2, 0) is 11.3 Å². The van der Waals surface area contributed by atoms with Crippen LogP contribution in [0.4, 0.5) is 0 Å². The highest BCUT2D eigenvalue weighted by atomic mass is 79.9. The Labute approximate surface area is 146 Å². The van der Waals surface area contributed by atoms with Crippen LogP contribution in [-0.4, -0.2) is 30.8 Å². The van der Waals surface area contributed by atoms with Gasteiger partial charge < -0.3 is 19.9 Å². The van der Waals surface area contributed by atoms with Crippen LogP contribution in [0.15, 0.2) is 16.6 Å². The summed E-state index contributed by atoms with van der Waals surface area (Å²) in [5.41, 5.74) is 0.938. The maximum Gasteiger partial charge on any atom is 0.320 e. The van der Waals surface area contributed by atoms with Crippen LogP contribution in [0.2, 0.25) is 0 Å². The first-order chi connectivity index (χ1) is 10.9. The molecule has 0 aliphatic carbocycles. The molecule has 0 fully saturated rings. The molecule has 0 amide bonds. The summed E-state index contributed by atoms with van der Waals surface area (Å²) in [7, 11) is 1.59. The number of carbonyl (C=O) groups is 1. The summed E-state index contributed by atoms with van der Waals surface area (Å²) in [6.45, 7) is 7.13. The van der Waals surface area contributed by atoms with Crippen molar-refractivity contribution in [3.05, 3.63) is 22.2 Å². The SMILES string of the molecule is CCCOc1c(Br)cc(CNC(CC(C)C)C(=O)O)cc1OC. The first kappa shape index (κ1) is 19.8. The standard InChI is InChI=1S/C17H26BrNO4/c1-5-6-23-16-13(18)8-12(9-15(16)22-4)10-19-14(17(20)21)7-11(2)3/h8-9,11,14,19H,5-7,10H2,1-4H3,(H,20,21). The maximum absolute atomic E-state index is 11.3. The van der Waals surface area contributed by atoms with Crippen LogP contribution in [0.25, 0.3) is 0 Å². The Morgan fingerprint density at radius 1 is 1.39 bits per heavy atom. The van der Waals surface area contributed by atoms with E-state index in [2.05, 4.69) is 21.2 Å². The predicted octanol–water partition coefficient (Wildman–Crippen LogP) is 3.84. The number of aliphatic carboxylic acids is 1. The maximum atomic E-state index is 11.3. The molecule has 0 spiro atoms. The molecular formula is C17H26BrNO4. The van der Waals surface area contributed by atoms with E-state index >= 15 is 0 Å². The van der Waals surface area contributed by atoms with Gasteiger partial charge in [0.25, 0.3) is 0 Å². The quantitative estimate of drug-likeness (QED) is 0.638. The lowest BCUT2D eigenvalue weighted by atomic mass is 10.0. The van der Waals surface area contributed by atoms with Gasteiger partial charge in [0, 0.05) is 6.54 Å². The molecule has 0 aliphatic rings. The fraction of sp³-hybridized carbons (Fsp3) is 0.588. The van der Waals surface area contributed by atoms with E-state index in [9.17, 15) is 9.90 Å². The van der Waals surface area contributed by atoms with Crippen LogP contribution < -0.4 is 14.8 Å². The number of carboxylic acids is 1. The summed E-state index contributed by atoms with van der Waals surface area (Å²) in [6, 6.07) is 3.24. The second kappa shape index (κ2) is 9.78. The molecule has 0 saturated heterocycles. The molecule has 6 heteroatoms. The van der Waals surface area contributed by atoms with Gasteiger partial charge in [-0.05, 0) is 52.4 Å². The van der Waals surface area contributed by atoms with E-state index in [1.807, 2.05) is 32.9 Å². The van der Waals surface area contributed by atoms with Gasteiger partial charge in [-0.3, -0.25) is 4.79 Å². The molecule has 2 N–H and O–H groups in total. The average Bonchev–Trinajstić information content (AvgIpc) is 2.49. The van der Waals surface area contributed by atoms with Gasteiger partial charge in [-0.2, -0.15) is 0 Å². The van der Waals surface area contributed by atoms with Crippen molar-refractivity contribution in [1.29, 1.82) is 0 Å². The third kappa shape index (κ3) is 6.39. The molecule has 1 atom stereocenters. The minimum absolute atomic E-state index is 0.315. The van der Waals surface area contributed by atoms with Crippen molar-refractivity contribution in [3.63, 3.8) is 0 Å². The topological polar surface area (TPSA) is 67.8 Å². The Balaban J connectivity index is 2.84. The minimum Gasteiger partial charge on any atom is -0.493 e. The molecule has 0 aromatic heterocycles. The third-order valence-electron chi connectivity index (χ3n) is 3.30. The molecular weight excluding hydrogens is 362 g/mol. The van der Waals surface area contributed by atoms with Gasteiger partial charge in [0.15, 0.2) is 11.5 Å². The van der Waals surface area contributed by atoms with Crippen LogP contribution in [0.1, 0.15) is 39.2 Å². The van der Waals surface area contributed by atoms with Gasteiger partial charge in [-0.1, -0.05) is 20.8 Å². The third-order valence-corrected chi connectivity index (χ3v) is 3.89. The van der Waals surface area contributed by atoms with E-state index in [1.165, 1.54) is 0 Å². The largest absolute Gasteiger partial charge is 0.493 e. The van der Waals surface area contributed by atoms with Gasteiger partial charge in [-0.25, -0.2) is 0 Å². The number of ether oxygens (including phenoxy) is 2. The Hall–Kier alpha value is -1.27. The molecule has 130 valence electrons. The number of benzene rings is 1. The highest BCUT2D eigenvalue weighted by Crippen LogP contribution is 2.36. The van der Waals surface area contributed by atoms with Crippen molar-refractivity contribution in [2.75, 3.05) is 13.7 Å². The Morgan fingerprint density at radius 3 is 2.61 bits per heavy atom. The number of hydrogen-bond acceptors (Lipinski definition) is 4.